The third-order valence-electron chi connectivity index (χ3n) is 7.91. The summed E-state index contributed by atoms with van der Waals surface area (Å²) in [7, 11) is 1.42. The monoisotopic (exact) mass is 405 g/mol. The molecule has 1 aliphatic heterocycles. The Hall–Kier alpha value is -1.63. The van der Waals surface area contributed by atoms with Crippen LogP contribution >= 0.6 is 0 Å². The van der Waals surface area contributed by atoms with Crippen molar-refractivity contribution in [3.8, 4) is 0 Å². The highest BCUT2D eigenvalue weighted by atomic mass is 16.5. The number of carbonyl (C=O) groups excluding carboxylic acids is 3. The van der Waals surface area contributed by atoms with E-state index in [1.165, 1.54) is 26.4 Å². The molecule has 1 atom stereocenters. The fraction of sp³-hybridized carbons (Fsp3) is 0.864. The number of methoxy groups -OCH3 is 1. The van der Waals surface area contributed by atoms with Gasteiger partial charge in [0, 0.05) is 12.0 Å². The lowest BCUT2D eigenvalue weighted by molar-refractivity contribution is -0.142. The summed E-state index contributed by atoms with van der Waals surface area (Å²) >= 11 is 0. The van der Waals surface area contributed by atoms with Crippen molar-refractivity contribution in [1.82, 2.24) is 15.5 Å². The highest BCUT2D eigenvalue weighted by Crippen LogP contribution is 2.55. The van der Waals surface area contributed by atoms with Crippen LogP contribution in [0.2, 0.25) is 0 Å². The molecule has 0 unspecified atom stereocenters. The van der Waals surface area contributed by atoms with Crippen LogP contribution in [0.15, 0.2) is 0 Å². The number of hydrogen-bond acceptors (Lipinski definition) is 5. The first kappa shape index (κ1) is 20.6. The first-order valence-corrected chi connectivity index (χ1v) is 11.3. The molecule has 0 aromatic rings. The van der Waals surface area contributed by atoms with Gasteiger partial charge in [0.1, 0.15) is 0 Å². The molecule has 5 aliphatic rings. The lowest BCUT2D eigenvalue weighted by atomic mass is 9.53. The molecule has 4 saturated carbocycles. The molecule has 7 heteroatoms. The summed E-state index contributed by atoms with van der Waals surface area (Å²) in [5.74, 6) is 2.16. The van der Waals surface area contributed by atoms with Gasteiger partial charge in [-0.1, -0.05) is 0 Å². The van der Waals surface area contributed by atoms with Crippen molar-refractivity contribution in [3.05, 3.63) is 0 Å². The van der Waals surface area contributed by atoms with Crippen molar-refractivity contribution >= 4 is 17.9 Å². The molecular weight excluding hydrogens is 370 g/mol. The summed E-state index contributed by atoms with van der Waals surface area (Å²) in [6, 6.07) is -0.680. The maximum absolute atomic E-state index is 12.7. The van der Waals surface area contributed by atoms with Crippen LogP contribution in [0.1, 0.15) is 64.7 Å². The molecule has 4 aliphatic carbocycles. The van der Waals surface area contributed by atoms with E-state index in [9.17, 15) is 14.4 Å². The van der Waals surface area contributed by atoms with Gasteiger partial charge in [-0.3, -0.25) is 19.8 Å². The zero-order valence-corrected chi connectivity index (χ0v) is 17.7. The van der Waals surface area contributed by atoms with E-state index in [0.717, 1.165) is 62.9 Å². The second-order valence-corrected chi connectivity index (χ2v) is 10.1. The molecule has 5 rings (SSSR count). The zero-order chi connectivity index (χ0) is 20.6. The maximum Gasteiger partial charge on any atom is 0.321 e. The van der Waals surface area contributed by atoms with E-state index in [4.69, 9.17) is 4.74 Å². The van der Waals surface area contributed by atoms with Gasteiger partial charge in [0.05, 0.1) is 13.2 Å². The maximum atomic E-state index is 12.7. The Kier molecular flexibility index (Phi) is 5.87. The molecule has 162 valence electrons. The van der Waals surface area contributed by atoms with E-state index in [1.54, 1.807) is 0 Å². The third-order valence-corrected chi connectivity index (χ3v) is 7.91. The van der Waals surface area contributed by atoms with Crippen LogP contribution < -0.4 is 10.6 Å². The molecule has 1 heterocycles. The molecule has 3 amide bonds. The number of rotatable bonds is 5. The first-order chi connectivity index (χ1) is 13.9. The number of piperidine rings is 1. The average Bonchev–Trinajstić information content (AvgIpc) is 2.66. The largest absolute Gasteiger partial charge is 0.469 e. The van der Waals surface area contributed by atoms with Gasteiger partial charge in [-0.2, -0.15) is 0 Å². The Balaban J connectivity index is 1.24. The summed E-state index contributed by atoms with van der Waals surface area (Å²) in [6.07, 6.45) is 9.37. The Bertz CT molecular complexity index is 621. The molecule has 0 radical (unpaired) electrons. The number of hydrogen-bond donors (Lipinski definition) is 2. The number of nitrogens with zero attached hydrogens (tertiary/aromatic N) is 1. The van der Waals surface area contributed by atoms with Crippen LogP contribution in [-0.4, -0.2) is 54.6 Å². The van der Waals surface area contributed by atoms with Gasteiger partial charge in [0.25, 0.3) is 0 Å². The van der Waals surface area contributed by atoms with Crippen LogP contribution in [0.4, 0.5) is 4.79 Å². The average molecular weight is 406 g/mol. The molecule has 4 bridgehead atoms. The fourth-order valence-electron chi connectivity index (χ4n) is 6.78. The van der Waals surface area contributed by atoms with Crippen LogP contribution in [0, 0.1) is 23.7 Å². The van der Waals surface area contributed by atoms with E-state index in [2.05, 4.69) is 15.5 Å². The molecule has 0 aromatic carbocycles. The molecule has 2 N–H and O–H groups in total. The number of urea groups is 1. The summed E-state index contributed by atoms with van der Waals surface area (Å²) in [5.41, 5.74) is -0.0887. The minimum atomic E-state index is -0.351. The van der Waals surface area contributed by atoms with Gasteiger partial charge < -0.3 is 10.1 Å². The minimum Gasteiger partial charge on any atom is -0.469 e. The lowest BCUT2D eigenvalue weighted by Gasteiger charge is -2.56. The normalized spacial score (nSPS) is 35.2. The fourth-order valence-corrected chi connectivity index (χ4v) is 6.78. The van der Waals surface area contributed by atoms with E-state index in [0.29, 0.717) is 12.3 Å². The van der Waals surface area contributed by atoms with Gasteiger partial charge in [-0.15, -0.1) is 0 Å². The number of carbonyl (C=O) groups is 3. The molecule has 7 nitrogen and oxygen atoms in total. The summed E-state index contributed by atoms with van der Waals surface area (Å²) in [4.78, 5) is 38.8. The van der Waals surface area contributed by atoms with E-state index >= 15 is 0 Å². The van der Waals surface area contributed by atoms with E-state index < -0.39 is 0 Å². The number of esters is 1. The number of likely N-dealkylation sites (tertiary alicyclic amines) is 1. The predicted octanol–water partition coefficient (Wildman–Crippen LogP) is 2.44. The lowest BCUT2D eigenvalue weighted by Crippen LogP contribution is -2.62. The van der Waals surface area contributed by atoms with Gasteiger partial charge in [0.2, 0.25) is 5.91 Å². The topological polar surface area (TPSA) is 87.7 Å². The second-order valence-electron chi connectivity index (χ2n) is 10.1. The second kappa shape index (κ2) is 8.25. The quantitative estimate of drug-likeness (QED) is 0.686. The van der Waals surface area contributed by atoms with Crippen molar-refractivity contribution in [2.24, 2.45) is 23.7 Å². The third kappa shape index (κ3) is 4.60. The van der Waals surface area contributed by atoms with Crippen LogP contribution in [0.5, 0.6) is 0 Å². The van der Waals surface area contributed by atoms with Gasteiger partial charge in [-0.25, -0.2) is 4.79 Å². The van der Waals surface area contributed by atoms with Crippen molar-refractivity contribution in [2.75, 3.05) is 20.2 Å². The minimum absolute atomic E-state index is 0.0887. The van der Waals surface area contributed by atoms with Crippen LogP contribution in [0.25, 0.3) is 0 Å². The van der Waals surface area contributed by atoms with Crippen LogP contribution in [0.3, 0.4) is 0 Å². The molecule has 0 aromatic heterocycles. The van der Waals surface area contributed by atoms with Crippen molar-refractivity contribution in [1.29, 1.82) is 0 Å². The number of imide groups is 1. The Morgan fingerprint density at radius 3 is 2.10 bits per heavy atom. The first-order valence-electron chi connectivity index (χ1n) is 11.3. The van der Waals surface area contributed by atoms with Gasteiger partial charge in [-0.05, 0) is 95.1 Å². The Morgan fingerprint density at radius 1 is 1.03 bits per heavy atom. The van der Waals surface area contributed by atoms with Crippen LogP contribution in [-0.2, 0) is 14.3 Å². The van der Waals surface area contributed by atoms with Crippen molar-refractivity contribution < 1.29 is 19.1 Å². The SMILES string of the molecule is COC(=O)CC1CCN([C@@H](C)C(=O)NC(=O)NC23CC4CC(CC(C4)C2)C3)CC1. The van der Waals surface area contributed by atoms with Crippen molar-refractivity contribution in [3.63, 3.8) is 0 Å². The van der Waals surface area contributed by atoms with Gasteiger partial charge >= 0.3 is 12.0 Å². The summed E-state index contributed by atoms with van der Waals surface area (Å²) in [6.45, 7) is 3.37. The Labute approximate surface area is 173 Å². The van der Waals surface area contributed by atoms with Gasteiger partial charge in [0.15, 0.2) is 0 Å². The molecule has 29 heavy (non-hydrogen) atoms. The van der Waals surface area contributed by atoms with Crippen molar-refractivity contribution in [2.45, 2.75) is 76.3 Å². The standard InChI is InChI=1S/C22H35N3O4/c1-14(25-5-3-15(4-6-25)10-19(26)29-2)20(27)23-21(28)24-22-11-16-7-17(12-22)9-18(8-16)13-22/h14-18H,3-13H2,1-2H3,(H2,23,24,27,28)/t14-,16?,17?,18?,22?/m0/s1. The molecule has 0 spiro atoms. The van der Waals surface area contributed by atoms with E-state index in [-0.39, 0.29) is 29.5 Å². The molecular formula is C22H35N3O4. The summed E-state index contributed by atoms with van der Waals surface area (Å²) in [5, 5.41) is 5.81. The highest BCUT2D eigenvalue weighted by molar-refractivity contribution is 5.97. The Morgan fingerprint density at radius 2 is 1.59 bits per heavy atom. The van der Waals surface area contributed by atoms with E-state index in [1.807, 2.05) is 6.92 Å². The molecule has 5 fully saturated rings. The zero-order valence-electron chi connectivity index (χ0n) is 17.7. The number of ether oxygens (including phenoxy) is 1. The smallest absolute Gasteiger partial charge is 0.321 e. The number of amides is 3. The summed E-state index contributed by atoms with van der Waals surface area (Å²) < 4.78 is 4.75. The number of nitrogens with one attached hydrogen (secondary N) is 2. The molecule has 1 saturated heterocycles. The highest BCUT2D eigenvalue weighted by Gasteiger charge is 2.51. The predicted molar refractivity (Wildman–Crippen MR) is 108 cm³/mol.